The molecule has 0 aromatic carbocycles. The highest BCUT2D eigenvalue weighted by Crippen LogP contribution is 2.00. The Labute approximate surface area is 56.7 Å². The van der Waals surface area contributed by atoms with Crippen molar-refractivity contribution in [2.45, 2.75) is 4.83 Å². The van der Waals surface area contributed by atoms with Gasteiger partial charge in [0.1, 0.15) is 4.83 Å². The lowest BCUT2D eigenvalue weighted by Gasteiger charge is -1.97. The Hall–Kier alpha value is -0.310. The summed E-state index contributed by atoms with van der Waals surface area (Å²) in [5.41, 5.74) is 0. The van der Waals surface area contributed by atoms with Gasteiger partial charge in [-0.1, -0.05) is 22.0 Å². The lowest BCUT2D eigenvalue weighted by Crippen LogP contribution is -2.11. The van der Waals surface area contributed by atoms with Gasteiger partial charge in [-0.05, 0) is 0 Å². The van der Waals surface area contributed by atoms with Gasteiger partial charge in [0.25, 0.3) is 0 Å². The van der Waals surface area contributed by atoms with E-state index in [1.165, 1.54) is 13.2 Å². The molecule has 1 unspecified atom stereocenters. The largest absolute Gasteiger partial charge is 0.468 e. The molecule has 0 spiro atoms. The van der Waals surface area contributed by atoms with Crippen LogP contribution in [-0.4, -0.2) is 17.9 Å². The predicted molar refractivity (Wildman–Crippen MR) is 34.9 cm³/mol. The van der Waals surface area contributed by atoms with Gasteiger partial charge < -0.3 is 4.74 Å². The van der Waals surface area contributed by atoms with Gasteiger partial charge in [0.2, 0.25) is 0 Å². The van der Waals surface area contributed by atoms with Crippen molar-refractivity contribution in [3.63, 3.8) is 0 Å². The SMILES string of the molecule is C=CC(Br)C(=O)OC. The molecule has 0 aromatic rings. The van der Waals surface area contributed by atoms with E-state index in [0.717, 1.165) is 0 Å². The first-order valence-electron chi connectivity index (χ1n) is 2.06. The third-order valence-corrected chi connectivity index (χ3v) is 1.38. The van der Waals surface area contributed by atoms with Gasteiger partial charge in [-0.15, -0.1) is 6.58 Å². The molecule has 0 aromatic heterocycles. The van der Waals surface area contributed by atoms with Crippen LogP contribution in [0.3, 0.4) is 0 Å². The molecule has 0 saturated heterocycles. The lowest BCUT2D eigenvalue weighted by atomic mass is 10.4. The molecule has 0 aliphatic rings. The number of carbonyl (C=O) groups excluding carboxylic acids is 1. The Morgan fingerprint density at radius 2 is 2.50 bits per heavy atom. The van der Waals surface area contributed by atoms with Crippen molar-refractivity contribution in [1.82, 2.24) is 0 Å². The fraction of sp³-hybridized carbons (Fsp3) is 0.400. The van der Waals surface area contributed by atoms with Gasteiger partial charge in [-0.2, -0.15) is 0 Å². The quantitative estimate of drug-likeness (QED) is 0.360. The molecule has 1 atom stereocenters. The minimum Gasteiger partial charge on any atom is -0.468 e. The average Bonchev–Trinajstić information content (AvgIpc) is 1.84. The molecule has 0 radical (unpaired) electrons. The number of methoxy groups -OCH3 is 1. The number of hydrogen-bond acceptors (Lipinski definition) is 2. The fourth-order valence-corrected chi connectivity index (χ4v) is 0.396. The maximum absolute atomic E-state index is 10.4. The molecule has 0 saturated carbocycles. The van der Waals surface area contributed by atoms with Crippen LogP contribution in [0, 0.1) is 0 Å². The van der Waals surface area contributed by atoms with E-state index in [0.29, 0.717) is 0 Å². The smallest absolute Gasteiger partial charge is 0.323 e. The summed E-state index contributed by atoms with van der Waals surface area (Å²) < 4.78 is 4.35. The second kappa shape index (κ2) is 3.66. The summed E-state index contributed by atoms with van der Waals surface area (Å²) >= 11 is 3.01. The maximum atomic E-state index is 10.4. The summed E-state index contributed by atoms with van der Waals surface area (Å²) in [5, 5.41) is 0. The average molecular weight is 179 g/mol. The molecule has 0 amide bonds. The summed E-state index contributed by atoms with van der Waals surface area (Å²) in [4.78, 5) is 10.0. The van der Waals surface area contributed by atoms with E-state index in [9.17, 15) is 4.79 Å². The van der Waals surface area contributed by atoms with Gasteiger partial charge in [-0.3, -0.25) is 4.79 Å². The van der Waals surface area contributed by atoms with E-state index >= 15 is 0 Å². The first-order chi connectivity index (χ1) is 3.72. The molecular formula is C5H7BrO2. The van der Waals surface area contributed by atoms with Crippen LogP contribution < -0.4 is 0 Å². The molecule has 0 N–H and O–H groups in total. The Bertz CT molecular complexity index is 101. The Balaban J connectivity index is 3.62. The number of rotatable bonds is 2. The zero-order valence-corrected chi connectivity index (χ0v) is 6.14. The third-order valence-electron chi connectivity index (χ3n) is 0.633. The normalized spacial score (nSPS) is 12.2. The Morgan fingerprint density at radius 3 is 2.62 bits per heavy atom. The highest BCUT2D eigenvalue weighted by molar-refractivity contribution is 9.10. The molecule has 2 nitrogen and oxygen atoms in total. The van der Waals surface area contributed by atoms with Crippen LogP contribution >= 0.6 is 15.9 Å². The summed E-state index contributed by atoms with van der Waals surface area (Å²) in [6.45, 7) is 3.38. The van der Waals surface area contributed by atoms with Gasteiger partial charge >= 0.3 is 5.97 Å². The number of carbonyl (C=O) groups is 1. The molecule has 3 heteroatoms. The molecule has 0 bridgehead atoms. The highest BCUT2D eigenvalue weighted by Gasteiger charge is 2.08. The minimum absolute atomic E-state index is 0.319. The second-order valence-electron chi connectivity index (χ2n) is 1.16. The van der Waals surface area contributed by atoms with Crippen LogP contribution in [0.2, 0.25) is 0 Å². The van der Waals surface area contributed by atoms with Crippen LogP contribution in [0.4, 0.5) is 0 Å². The summed E-state index contributed by atoms with van der Waals surface area (Å²) in [6.07, 6.45) is 1.46. The van der Waals surface area contributed by atoms with Gasteiger partial charge in [-0.25, -0.2) is 0 Å². The van der Waals surface area contributed by atoms with E-state index in [4.69, 9.17) is 0 Å². The highest BCUT2D eigenvalue weighted by atomic mass is 79.9. The first-order valence-corrected chi connectivity index (χ1v) is 2.98. The van der Waals surface area contributed by atoms with Crippen LogP contribution in [-0.2, 0) is 9.53 Å². The Kier molecular flexibility index (Phi) is 3.52. The molecule has 0 heterocycles. The van der Waals surface area contributed by atoms with Crippen LogP contribution in [0.1, 0.15) is 0 Å². The van der Waals surface area contributed by atoms with Crippen molar-refractivity contribution < 1.29 is 9.53 Å². The van der Waals surface area contributed by atoms with Crippen LogP contribution in [0.15, 0.2) is 12.7 Å². The van der Waals surface area contributed by atoms with Crippen molar-refractivity contribution in [2.24, 2.45) is 0 Å². The molecule has 0 aliphatic carbocycles. The number of hydrogen-bond donors (Lipinski definition) is 0. The standard InChI is InChI=1S/C5H7BrO2/c1-3-4(6)5(7)8-2/h3-4H,1H2,2H3. The van der Waals surface area contributed by atoms with Crippen molar-refractivity contribution in [1.29, 1.82) is 0 Å². The molecule has 8 heavy (non-hydrogen) atoms. The monoisotopic (exact) mass is 178 g/mol. The van der Waals surface area contributed by atoms with Gasteiger partial charge in [0, 0.05) is 0 Å². The number of alkyl halides is 1. The van der Waals surface area contributed by atoms with Gasteiger partial charge in [0.05, 0.1) is 7.11 Å². The minimum atomic E-state index is -0.368. The summed E-state index contributed by atoms with van der Waals surface area (Å²) in [6, 6.07) is 0. The molecule has 46 valence electrons. The first kappa shape index (κ1) is 7.69. The van der Waals surface area contributed by atoms with Crippen molar-refractivity contribution in [2.75, 3.05) is 7.11 Å². The van der Waals surface area contributed by atoms with E-state index in [1.54, 1.807) is 0 Å². The molecular weight excluding hydrogens is 172 g/mol. The van der Waals surface area contributed by atoms with Crippen LogP contribution in [0.25, 0.3) is 0 Å². The van der Waals surface area contributed by atoms with Crippen molar-refractivity contribution in [3.8, 4) is 0 Å². The van der Waals surface area contributed by atoms with E-state index in [-0.39, 0.29) is 10.8 Å². The zero-order chi connectivity index (χ0) is 6.57. The number of ether oxygens (including phenoxy) is 1. The molecule has 0 fully saturated rings. The van der Waals surface area contributed by atoms with E-state index in [1.807, 2.05) is 0 Å². The number of esters is 1. The van der Waals surface area contributed by atoms with Crippen molar-refractivity contribution >= 4 is 21.9 Å². The predicted octanol–water partition coefficient (Wildman–Crippen LogP) is 1.11. The number of halogens is 1. The second-order valence-corrected chi connectivity index (χ2v) is 2.15. The zero-order valence-electron chi connectivity index (χ0n) is 4.56. The van der Waals surface area contributed by atoms with E-state index < -0.39 is 0 Å². The Morgan fingerprint density at radius 1 is 2.00 bits per heavy atom. The third kappa shape index (κ3) is 2.12. The lowest BCUT2D eigenvalue weighted by molar-refractivity contribution is -0.138. The van der Waals surface area contributed by atoms with E-state index in [2.05, 4.69) is 27.2 Å². The van der Waals surface area contributed by atoms with Crippen LogP contribution in [0.5, 0.6) is 0 Å². The summed E-state index contributed by atoms with van der Waals surface area (Å²) in [5.74, 6) is -0.319. The summed E-state index contributed by atoms with van der Waals surface area (Å²) in [7, 11) is 1.33. The maximum Gasteiger partial charge on any atom is 0.323 e. The fourth-order valence-electron chi connectivity index (χ4n) is 0.209. The van der Waals surface area contributed by atoms with Crippen molar-refractivity contribution in [3.05, 3.63) is 12.7 Å². The molecule has 0 aliphatic heterocycles. The van der Waals surface area contributed by atoms with Gasteiger partial charge in [0.15, 0.2) is 0 Å². The topological polar surface area (TPSA) is 26.3 Å². The molecule has 0 rings (SSSR count).